The summed E-state index contributed by atoms with van der Waals surface area (Å²) < 4.78 is 24.2. The van der Waals surface area contributed by atoms with E-state index in [0.29, 0.717) is 17.5 Å². The van der Waals surface area contributed by atoms with Crippen LogP contribution in [0.3, 0.4) is 0 Å². The molecule has 3 nitrogen and oxygen atoms in total. The highest BCUT2D eigenvalue weighted by Gasteiger charge is 2.18. The Morgan fingerprint density at radius 1 is 1.33 bits per heavy atom. The summed E-state index contributed by atoms with van der Waals surface area (Å²) in [5.74, 6) is 0.0824. The largest absolute Gasteiger partial charge is 0.317 e. The van der Waals surface area contributed by atoms with Crippen molar-refractivity contribution in [3.05, 3.63) is 28.2 Å². The molecular weight excluding hydrogens is 293 g/mol. The zero-order chi connectivity index (χ0) is 13.8. The molecule has 1 rings (SSSR count). The number of hydrogen-bond acceptors (Lipinski definition) is 3. The van der Waals surface area contributed by atoms with Crippen LogP contribution in [0.1, 0.15) is 19.8 Å². The molecule has 1 unspecified atom stereocenters. The van der Waals surface area contributed by atoms with Gasteiger partial charge in [0.05, 0.1) is 15.7 Å². The van der Waals surface area contributed by atoms with Crippen molar-refractivity contribution in [1.82, 2.24) is 5.32 Å². The van der Waals surface area contributed by atoms with Crippen LogP contribution < -0.4 is 5.32 Å². The van der Waals surface area contributed by atoms with Crippen molar-refractivity contribution in [3.8, 4) is 0 Å². The fourth-order valence-electron chi connectivity index (χ4n) is 1.55. The number of hydrogen-bond donors (Lipinski definition) is 1. The topological polar surface area (TPSA) is 46.2 Å². The molecule has 0 bridgehead atoms. The predicted octanol–water partition coefficient (Wildman–Crippen LogP) is 3.16. The fraction of sp³-hybridized carbons (Fsp3) is 0.500. The van der Waals surface area contributed by atoms with Crippen LogP contribution in [0, 0.1) is 0 Å². The number of halogens is 2. The van der Waals surface area contributed by atoms with Gasteiger partial charge < -0.3 is 5.32 Å². The lowest BCUT2D eigenvalue weighted by Gasteiger charge is -2.10. The Bertz CT molecular complexity index is 503. The second kappa shape index (κ2) is 6.75. The van der Waals surface area contributed by atoms with Gasteiger partial charge in [0.1, 0.15) is 0 Å². The van der Waals surface area contributed by atoms with Crippen molar-refractivity contribution in [3.63, 3.8) is 0 Å². The molecule has 1 atom stereocenters. The standard InChI is InChI=1S/C12H17Cl2NO2S/c1-9(15-2)4-3-7-18(16,17)12-8-10(13)5-6-11(12)14/h5-6,8-9,15H,3-4,7H2,1-2H3. The van der Waals surface area contributed by atoms with Gasteiger partial charge in [0.15, 0.2) is 9.84 Å². The van der Waals surface area contributed by atoms with E-state index in [9.17, 15) is 8.42 Å². The van der Waals surface area contributed by atoms with Crippen LogP contribution in [-0.4, -0.2) is 27.3 Å². The predicted molar refractivity (Wildman–Crippen MR) is 76.3 cm³/mol. The minimum Gasteiger partial charge on any atom is -0.317 e. The minimum atomic E-state index is -3.36. The maximum absolute atomic E-state index is 12.1. The molecule has 1 aromatic rings. The Morgan fingerprint density at radius 2 is 2.00 bits per heavy atom. The van der Waals surface area contributed by atoms with E-state index < -0.39 is 9.84 Å². The molecule has 1 N–H and O–H groups in total. The van der Waals surface area contributed by atoms with E-state index >= 15 is 0 Å². The summed E-state index contributed by atoms with van der Waals surface area (Å²) in [5, 5.41) is 3.67. The molecule has 0 aromatic heterocycles. The summed E-state index contributed by atoms with van der Waals surface area (Å²) in [7, 11) is -1.51. The van der Waals surface area contributed by atoms with Gasteiger partial charge in [0.2, 0.25) is 0 Å². The molecule has 0 saturated carbocycles. The normalized spacial score (nSPS) is 13.6. The Balaban J connectivity index is 2.77. The van der Waals surface area contributed by atoms with Crippen molar-refractivity contribution in [2.75, 3.05) is 12.8 Å². The van der Waals surface area contributed by atoms with Crippen molar-refractivity contribution >= 4 is 33.0 Å². The molecule has 0 amide bonds. The third-order valence-corrected chi connectivity index (χ3v) is 5.28. The van der Waals surface area contributed by atoms with Gasteiger partial charge in [0.25, 0.3) is 0 Å². The Morgan fingerprint density at radius 3 is 2.61 bits per heavy atom. The second-order valence-corrected chi connectivity index (χ2v) is 7.15. The Hall–Kier alpha value is -0.290. The summed E-state index contributed by atoms with van der Waals surface area (Å²) >= 11 is 11.7. The molecule has 1 aromatic carbocycles. The Kier molecular flexibility index (Phi) is 5.92. The van der Waals surface area contributed by atoms with E-state index in [2.05, 4.69) is 5.32 Å². The third kappa shape index (κ3) is 4.43. The van der Waals surface area contributed by atoms with Gasteiger partial charge in [-0.15, -0.1) is 0 Å². The van der Waals surface area contributed by atoms with Crippen LogP contribution in [0.25, 0.3) is 0 Å². The zero-order valence-corrected chi connectivity index (χ0v) is 12.7. The minimum absolute atomic E-state index is 0.0824. The van der Waals surface area contributed by atoms with Crippen molar-refractivity contribution in [2.45, 2.75) is 30.7 Å². The molecule has 0 heterocycles. The van der Waals surface area contributed by atoms with E-state index in [4.69, 9.17) is 23.2 Å². The highest BCUT2D eigenvalue weighted by molar-refractivity contribution is 7.91. The van der Waals surface area contributed by atoms with E-state index in [0.717, 1.165) is 6.42 Å². The second-order valence-electron chi connectivity index (χ2n) is 4.23. The fourth-order valence-corrected chi connectivity index (χ4v) is 3.69. The monoisotopic (exact) mass is 309 g/mol. The summed E-state index contributed by atoms with van der Waals surface area (Å²) in [4.78, 5) is 0.119. The average Bonchev–Trinajstić information content (AvgIpc) is 2.31. The van der Waals surface area contributed by atoms with Gasteiger partial charge in [-0.25, -0.2) is 8.42 Å². The first-order chi connectivity index (χ1) is 8.36. The quantitative estimate of drug-likeness (QED) is 0.878. The molecule has 6 heteroatoms. The molecule has 0 saturated heterocycles. The molecule has 18 heavy (non-hydrogen) atoms. The molecule has 0 radical (unpaired) electrons. The SMILES string of the molecule is CNC(C)CCCS(=O)(=O)c1cc(Cl)ccc1Cl. The van der Waals surface area contributed by atoms with Crippen LogP contribution in [0.4, 0.5) is 0 Å². The average molecular weight is 310 g/mol. The molecule has 0 aliphatic carbocycles. The van der Waals surface area contributed by atoms with E-state index in [-0.39, 0.29) is 15.7 Å². The molecule has 0 aliphatic heterocycles. The van der Waals surface area contributed by atoms with Crippen molar-refractivity contribution < 1.29 is 8.42 Å². The van der Waals surface area contributed by atoms with E-state index in [1.54, 1.807) is 6.07 Å². The molecule has 0 spiro atoms. The highest BCUT2D eigenvalue weighted by Crippen LogP contribution is 2.26. The van der Waals surface area contributed by atoms with Gasteiger partial charge in [-0.2, -0.15) is 0 Å². The van der Waals surface area contributed by atoms with Gasteiger partial charge in [-0.1, -0.05) is 23.2 Å². The summed E-state index contributed by atoms with van der Waals surface area (Å²) in [6, 6.07) is 4.79. The van der Waals surface area contributed by atoms with Crippen LogP contribution in [0.5, 0.6) is 0 Å². The zero-order valence-electron chi connectivity index (χ0n) is 10.4. The van der Waals surface area contributed by atoms with Crippen LogP contribution in [-0.2, 0) is 9.84 Å². The van der Waals surface area contributed by atoms with Crippen LogP contribution >= 0.6 is 23.2 Å². The molecule has 0 fully saturated rings. The summed E-state index contributed by atoms with van der Waals surface area (Å²) in [5.41, 5.74) is 0. The van der Waals surface area contributed by atoms with Gasteiger partial charge in [0, 0.05) is 11.1 Å². The van der Waals surface area contributed by atoms with Gasteiger partial charge in [-0.3, -0.25) is 0 Å². The van der Waals surface area contributed by atoms with E-state index in [1.807, 2.05) is 14.0 Å². The lowest BCUT2D eigenvalue weighted by Crippen LogP contribution is -2.22. The smallest absolute Gasteiger partial charge is 0.179 e. The number of rotatable bonds is 6. The highest BCUT2D eigenvalue weighted by atomic mass is 35.5. The van der Waals surface area contributed by atoms with Gasteiger partial charge >= 0.3 is 0 Å². The van der Waals surface area contributed by atoms with Crippen molar-refractivity contribution in [1.29, 1.82) is 0 Å². The maximum atomic E-state index is 12.1. The van der Waals surface area contributed by atoms with Crippen LogP contribution in [0.15, 0.2) is 23.1 Å². The maximum Gasteiger partial charge on any atom is 0.179 e. The number of sulfone groups is 1. The van der Waals surface area contributed by atoms with Crippen molar-refractivity contribution in [2.24, 2.45) is 0 Å². The molecule has 0 aliphatic rings. The van der Waals surface area contributed by atoms with Gasteiger partial charge in [-0.05, 0) is 45.0 Å². The summed E-state index contributed by atoms with van der Waals surface area (Å²) in [6.45, 7) is 2.01. The van der Waals surface area contributed by atoms with E-state index in [1.165, 1.54) is 12.1 Å². The first-order valence-electron chi connectivity index (χ1n) is 5.72. The van der Waals surface area contributed by atoms with Crippen LogP contribution in [0.2, 0.25) is 10.0 Å². The molecule has 102 valence electrons. The number of benzene rings is 1. The Labute approximate surface area is 118 Å². The lowest BCUT2D eigenvalue weighted by atomic mass is 10.2. The first-order valence-corrected chi connectivity index (χ1v) is 8.12. The lowest BCUT2D eigenvalue weighted by molar-refractivity contribution is 0.548. The third-order valence-electron chi connectivity index (χ3n) is 2.77. The number of nitrogens with one attached hydrogen (secondary N) is 1. The molecular formula is C12H17Cl2NO2S. The first kappa shape index (κ1) is 15.8. The summed E-state index contributed by atoms with van der Waals surface area (Å²) in [6.07, 6.45) is 1.39.